The van der Waals surface area contributed by atoms with Crippen molar-refractivity contribution in [2.24, 2.45) is 5.41 Å². The van der Waals surface area contributed by atoms with Gasteiger partial charge in [-0.05, 0) is 25.0 Å². The summed E-state index contributed by atoms with van der Waals surface area (Å²) in [4.78, 5) is 0. The Morgan fingerprint density at radius 3 is 2.44 bits per heavy atom. The minimum Gasteiger partial charge on any atom is -0.494 e. The van der Waals surface area contributed by atoms with Gasteiger partial charge in [0.05, 0.1) is 13.7 Å². The van der Waals surface area contributed by atoms with Crippen molar-refractivity contribution < 1.29 is 14.2 Å². The van der Waals surface area contributed by atoms with Crippen LogP contribution >= 0.6 is 0 Å². The molecular weight excluding hydrogens is 233 g/mol. The van der Waals surface area contributed by atoms with Crippen molar-refractivity contribution in [3.8, 4) is 5.75 Å². The lowest BCUT2D eigenvalue weighted by Crippen LogP contribution is -2.32. The Morgan fingerprint density at radius 2 is 2.00 bits per heavy atom. The highest BCUT2D eigenvalue weighted by atomic mass is 19.1. The maximum absolute atomic E-state index is 13.5. The molecule has 0 saturated heterocycles. The van der Waals surface area contributed by atoms with Gasteiger partial charge in [-0.2, -0.15) is 0 Å². The van der Waals surface area contributed by atoms with Gasteiger partial charge in [0.15, 0.2) is 11.6 Å². The Balaban J connectivity index is 2.71. The van der Waals surface area contributed by atoms with E-state index in [1.54, 1.807) is 12.1 Å². The number of anilines is 1. The molecule has 1 rings (SSSR count). The molecule has 0 radical (unpaired) electrons. The third-order valence-electron chi connectivity index (χ3n) is 3.65. The lowest BCUT2D eigenvalue weighted by atomic mass is 9.83. The molecule has 0 bridgehead atoms. The molecule has 0 atom stereocenters. The zero-order valence-corrected chi connectivity index (χ0v) is 11.3. The minimum absolute atomic E-state index is 0.131. The van der Waals surface area contributed by atoms with Gasteiger partial charge in [0.25, 0.3) is 0 Å². The van der Waals surface area contributed by atoms with E-state index in [0.29, 0.717) is 12.2 Å². The molecule has 3 nitrogen and oxygen atoms in total. The van der Waals surface area contributed by atoms with Crippen LogP contribution in [0.2, 0.25) is 0 Å². The zero-order chi connectivity index (χ0) is 13.6. The second-order valence-electron chi connectivity index (χ2n) is 4.57. The second kappa shape index (κ2) is 6.59. The normalized spacial score (nSPS) is 11.4. The van der Waals surface area contributed by atoms with Crippen LogP contribution in [0, 0.1) is 11.2 Å². The third-order valence-corrected chi connectivity index (χ3v) is 3.65. The first-order valence-corrected chi connectivity index (χ1v) is 6.29. The Morgan fingerprint density at radius 1 is 1.33 bits per heavy atom. The number of nitrogens with one attached hydrogen (secondary N) is 1. The van der Waals surface area contributed by atoms with E-state index in [2.05, 4.69) is 19.2 Å². The molecule has 18 heavy (non-hydrogen) atoms. The fraction of sp³-hybridized carbons (Fsp3) is 0.571. The largest absolute Gasteiger partial charge is 0.494 e. The summed E-state index contributed by atoms with van der Waals surface area (Å²) in [6.07, 6.45) is 1.76. The number of rotatable bonds is 7. The molecule has 0 saturated carbocycles. The van der Waals surface area contributed by atoms with Crippen molar-refractivity contribution in [1.82, 2.24) is 0 Å². The average Bonchev–Trinajstić information content (AvgIpc) is 2.41. The van der Waals surface area contributed by atoms with E-state index in [-0.39, 0.29) is 23.6 Å². The van der Waals surface area contributed by atoms with Crippen molar-refractivity contribution in [1.29, 1.82) is 0 Å². The predicted octanol–water partition coefficient (Wildman–Crippen LogP) is 3.04. The van der Waals surface area contributed by atoms with Crippen LogP contribution in [0.1, 0.15) is 26.7 Å². The summed E-state index contributed by atoms with van der Waals surface area (Å²) >= 11 is 0. The van der Waals surface area contributed by atoms with Crippen LogP contribution in [0.3, 0.4) is 0 Å². The molecule has 2 N–H and O–H groups in total. The molecule has 0 aliphatic carbocycles. The predicted molar refractivity (Wildman–Crippen MR) is 71.5 cm³/mol. The van der Waals surface area contributed by atoms with Crippen LogP contribution in [0.15, 0.2) is 18.2 Å². The molecule has 0 amide bonds. The van der Waals surface area contributed by atoms with Crippen LogP contribution in [0.5, 0.6) is 5.75 Å². The summed E-state index contributed by atoms with van der Waals surface area (Å²) < 4.78 is 18.4. The van der Waals surface area contributed by atoms with Crippen molar-refractivity contribution in [3.63, 3.8) is 0 Å². The van der Waals surface area contributed by atoms with Gasteiger partial charge in [-0.3, -0.25) is 0 Å². The molecule has 0 fully saturated rings. The second-order valence-corrected chi connectivity index (χ2v) is 4.57. The number of benzene rings is 1. The number of ether oxygens (including phenoxy) is 1. The first-order chi connectivity index (χ1) is 8.60. The molecule has 1 aromatic rings. The third kappa shape index (κ3) is 3.35. The molecule has 0 aliphatic heterocycles. The topological polar surface area (TPSA) is 41.5 Å². The summed E-state index contributed by atoms with van der Waals surface area (Å²) in [5.41, 5.74) is 0.559. The van der Waals surface area contributed by atoms with Gasteiger partial charge in [0, 0.05) is 23.7 Å². The summed E-state index contributed by atoms with van der Waals surface area (Å²) in [5.74, 6) is -0.148. The fourth-order valence-corrected chi connectivity index (χ4v) is 1.85. The lowest BCUT2D eigenvalue weighted by Gasteiger charge is -2.30. The van der Waals surface area contributed by atoms with E-state index in [0.717, 1.165) is 12.8 Å². The van der Waals surface area contributed by atoms with E-state index in [1.807, 2.05) is 0 Å². The maximum atomic E-state index is 13.5. The van der Waals surface area contributed by atoms with Crippen LogP contribution in [0.4, 0.5) is 10.1 Å². The van der Waals surface area contributed by atoms with Crippen LogP contribution in [0.25, 0.3) is 0 Å². The molecule has 4 heteroatoms. The molecule has 102 valence electrons. The first kappa shape index (κ1) is 14.8. The smallest absolute Gasteiger partial charge is 0.167 e. The Kier molecular flexibility index (Phi) is 5.41. The Bertz CT molecular complexity index is 370. The molecule has 0 unspecified atom stereocenters. The Labute approximate surface area is 108 Å². The average molecular weight is 255 g/mol. The number of hydrogen-bond acceptors (Lipinski definition) is 3. The number of halogens is 1. The molecule has 1 aromatic carbocycles. The zero-order valence-electron chi connectivity index (χ0n) is 11.3. The van der Waals surface area contributed by atoms with Crippen molar-refractivity contribution in [2.45, 2.75) is 26.7 Å². The van der Waals surface area contributed by atoms with Gasteiger partial charge < -0.3 is 15.2 Å². The number of aliphatic hydroxyl groups is 1. The molecule has 0 aromatic heterocycles. The molecule has 0 aliphatic rings. The minimum atomic E-state index is -0.384. The standard InChI is InChI=1S/C14H22FNO2/c1-4-14(5-2,10-17)9-16-11-6-7-13(18-3)12(15)8-11/h6-8,16-17H,4-5,9-10H2,1-3H3. The van der Waals surface area contributed by atoms with Gasteiger partial charge >= 0.3 is 0 Å². The van der Waals surface area contributed by atoms with Gasteiger partial charge in [-0.25, -0.2) is 4.39 Å². The highest BCUT2D eigenvalue weighted by molar-refractivity contribution is 5.47. The van der Waals surface area contributed by atoms with Crippen LogP contribution in [-0.4, -0.2) is 25.4 Å². The van der Waals surface area contributed by atoms with Crippen LogP contribution < -0.4 is 10.1 Å². The van der Waals surface area contributed by atoms with Gasteiger partial charge in [0.2, 0.25) is 0 Å². The van der Waals surface area contributed by atoms with E-state index in [4.69, 9.17) is 4.74 Å². The molecule has 0 heterocycles. The Hall–Kier alpha value is -1.29. The van der Waals surface area contributed by atoms with Crippen molar-refractivity contribution in [2.75, 3.05) is 25.6 Å². The number of aliphatic hydroxyl groups excluding tert-OH is 1. The summed E-state index contributed by atoms with van der Waals surface area (Å²) in [7, 11) is 1.44. The maximum Gasteiger partial charge on any atom is 0.167 e. The highest BCUT2D eigenvalue weighted by Crippen LogP contribution is 2.27. The van der Waals surface area contributed by atoms with E-state index >= 15 is 0 Å². The summed E-state index contributed by atoms with van der Waals surface area (Å²) in [6, 6.07) is 4.78. The SMILES string of the molecule is CCC(CC)(CO)CNc1ccc(OC)c(F)c1. The monoisotopic (exact) mass is 255 g/mol. The van der Waals surface area contributed by atoms with Crippen LogP contribution in [-0.2, 0) is 0 Å². The fourth-order valence-electron chi connectivity index (χ4n) is 1.85. The van der Waals surface area contributed by atoms with Gasteiger partial charge in [-0.15, -0.1) is 0 Å². The van der Waals surface area contributed by atoms with Gasteiger partial charge in [-0.1, -0.05) is 13.8 Å². The quantitative estimate of drug-likeness (QED) is 0.787. The van der Waals surface area contributed by atoms with E-state index in [1.165, 1.54) is 13.2 Å². The van der Waals surface area contributed by atoms with E-state index < -0.39 is 0 Å². The van der Waals surface area contributed by atoms with E-state index in [9.17, 15) is 9.50 Å². The summed E-state index contributed by atoms with van der Waals surface area (Å²) in [5, 5.41) is 12.6. The molecular formula is C14H22FNO2. The first-order valence-electron chi connectivity index (χ1n) is 6.29. The number of methoxy groups -OCH3 is 1. The number of hydrogen-bond donors (Lipinski definition) is 2. The highest BCUT2D eigenvalue weighted by Gasteiger charge is 2.24. The lowest BCUT2D eigenvalue weighted by molar-refractivity contribution is 0.127. The van der Waals surface area contributed by atoms with Gasteiger partial charge in [0.1, 0.15) is 0 Å². The summed E-state index contributed by atoms with van der Waals surface area (Å²) in [6.45, 7) is 4.86. The molecule has 0 spiro atoms. The van der Waals surface area contributed by atoms with Crippen molar-refractivity contribution >= 4 is 5.69 Å². The van der Waals surface area contributed by atoms with Crippen molar-refractivity contribution in [3.05, 3.63) is 24.0 Å².